The number of amides is 2. The molecule has 0 bridgehead atoms. The monoisotopic (exact) mass is 360 g/mol. The van der Waals surface area contributed by atoms with Crippen LogP contribution in [0.1, 0.15) is 49.8 Å². The maximum atomic E-state index is 12.7. The third-order valence-electron chi connectivity index (χ3n) is 6.39. The summed E-state index contributed by atoms with van der Waals surface area (Å²) in [7, 11) is 0. The van der Waals surface area contributed by atoms with Crippen molar-refractivity contribution >= 4 is 23.2 Å². The Morgan fingerprint density at radius 2 is 1.92 bits per heavy atom. The summed E-state index contributed by atoms with van der Waals surface area (Å²) in [5.74, 6) is 0.925. The molecule has 4 nitrogen and oxygen atoms in total. The van der Waals surface area contributed by atoms with Crippen molar-refractivity contribution in [2.75, 3.05) is 26.2 Å². The third-order valence-corrected chi connectivity index (χ3v) is 7.33. The van der Waals surface area contributed by atoms with Gasteiger partial charge in [-0.3, -0.25) is 9.59 Å². The van der Waals surface area contributed by atoms with Gasteiger partial charge in [-0.25, -0.2) is 0 Å². The van der Waals surface area contributed by atoms with Crippen molar-refractivity contribution in [1.29, 1.82) is 0 Å². The van der Waals surface area contributed by atoms with Crippen LogP contribution in [0.3, 0.4) is 0 Å². The minimum Gasteiger partial charge on any atom is -0.341 e. The van der Waals surface area contributed by atoms with Gasteiger partial charge in [0.05, 0.1) is 0 Å². The Hall–Kier alpha value is -1.36. The Balaban J connectivity index is 1.22. The van der Waals surface area contributed by atoms with Crippen LogP contribution in [0.15, 0.2) is 17.5 Å². The Morgan fingerprint density at radius 3 is 2.60 bits per heavy atom. The summed E-state index contributed by atoms with van der Waals surface area (Å²) in [4.78, 5) is 30.6. The summed E-state index contributed by atoms with van der Waals surface area (Å²) in [5, 5.41) is 2.09. The van der Waals surface area contributed by atoms with Gasteiger partial charge in [-0.1, -0.05) is 12.5 Å². The fraction of sp³-hybridized carbons (Fsp3) is 0.700. The minimum absolute atomic E-state index is 0.257. The van der Waals surface area contributed by atoms with E-state index < -0.39 is 0 Å². The van der Waals surface area contributed by atoms with Crippen LogP contribution in [0.4, 0.5) is 0 Å². The highest BCUT2D eigenvalue weighted by Gasteiger charge is 2.61. The molecule has 1 saturated heterocycles. The molecule has 25 heavy (non-hydrogen) atoms. The SMILES string of the molecule is O=C(CCCc1cccs1)N1CCCN(C(=O)C2CC23CCC3)CC1. The maximum Gasteiger partial charge on any atom is 0.226 e. The normalized spacial score (nSPS) is 24.7. The molecule has 2 aliphatic carbocycles. The van der Waals surface area contributed by atoms with Crippen molar-refractivity contribution < 1.29 is 9.59 Å². The van der Waals surface area contributed by atoms with E-state index in [4.69, 9.17) is 0 Å². The van der Waals surface area contributed by atoms with Gasteiger partial charge in [0, 0.05) is 43.4 Å². The van der Waals surface area contributed by atoms with E-state index in [0.29, 0.717) is 30.2 Å². The van der Waals surface area contributed by atoms with Gasteiger partial charge in [0.1, 0.15) is 0 Å². The number of nitrogens with zero attached hydrogens (tertiary/aromatic N) is 2. The average Bonchev–Trinajstić information content (AvgIpc) is 3.24. The van der Waals surface area contributed by atoms with Gasteiger partial charge in [0.2, 0.25) is 11.8 Å². The molecule has 1 spiro atoms. The molecule has 3 fully saturated rings. The molecular weight excluding hydrogens is 332 g/mol. The molecule has 2 heterocycles. The fourth-order valence-electron chi connectivity index (χ4n) is 4.51. The number of hydrogen-bond donors (Lipinski definition) is 0. The van der Waals surface area contributed by atoms with E-state index in [0.717, 1.165) is 45.3 Å². The van der Waals surface area contributed by atoms with E-state index >= 15 is 0 Å². The van der Waals surface area contributed by atoms with Gasteiger partial charge in [-0.15, -0.1) is 11.3 Å². The van der Waals surface area contributed by atoms with Gasteiger partial charge in [-0.2, -0.15) is 0 Å². The molecule has 136 valence electrons. The molecule has 1 atom stereocenters. The molecule has 4 rings (SSSR count). The summed E-state index contributed by atoms with van der Waals surface area (Å²) in [6.07, 6.45) is 8.39. The lowest BCUT2D eigenvalue weighted by Gasteiger charge is -2.28. The van der Waals surface area contributed by atoms with Gasteiger partial charge in [0.25, 0.3) is 0 Å². The number of thiophene rings is 1. The lowest BCUT2D eigenvalue weighted by molar-refractivity contribution is -0.135. The van der Waals surface area contributed by atoms with E-state index in [1.54, 1.807) is 11.3 Å². The lowest BCUT2D eigenvalue weighted by atomic mass is 9.79. The standard InChI is InChI=1S/C20H28N2O2S/c23-18(7-1-5-16-6-2-14-25-16)21-10-4-11-22(13-12-21)19(24)17-15-20(17)8-3-9-20/h2,6,14,17H,1,3-5,7-13,15H2. The van der Waals surface area contributed by atoms with Crippen molar-refractivity contribution in [3.8, 4) is 0 Å². The largest absolute Gasteiger partial charge is 0.341 e. The number of aryl methyl sites for hydroxylation is 1. The first-order chi connectivity index (χ1) is 12.2. The lowest BCUT2D eigenvalue weighted by Crippen LogP contribution is -2.39. The van der Waals surface area contributed by atoms with Crippen molar-refractivity contribution in [2.45, 2.75) is 51.4 Å². The Kier molecular flexibility index (Phi) is 4.85. The van der Waals surface area contributed by atoms with Gasteiger partial charge in [0.15, 0.2) is 0 Å². The van der Waals surface area contributed by atoms with Crippen LogP contribution in [-0.4, -0.2) is 47.8 Å². The summed E-state index contributed by atoms with van der Waals surface area (Å²) in [6, 6.07) is 4.20. The number of rotatable bonds is 5. The minimum atomic E-state index is 0.257. The topological polar surface area (TPSA) is 40.6 Å². The molecule has 1 unspecified atom stereocenters. The number of carbonyl (C=O) groups excluding carboxylic acids is 2. The zero-order chi connectivity index (χ0) is 17.3. The quantitative estimate of drug-likeness (QED) is 0.808. The highest BCUT2D eigenvalue weighted by Crippen LogP contribution is 2.65. The fourth-order valence-corrected chi connectivity index (χ4v) is 5.27. The first-order valence-electron chi connectivity index (χ1n) is 9.77. The summed E-state index contributed by atoms with van der Waals surface area (Å²) in [6.45, 7) is 3.06. The van der Waals surface area contributed by atoms with Gasteiger partial charge < -0.3 is 9.80 Å². The Bertz CT molecular complexity index is 624. The summed E-state index contributed by atoms with van der Waals surface area (Å²) in [5.41, 5.74) is 0.403. The second-order valence-corrected chi connectivity index (χ2v) is 9.00. The van der Waals surface area contributed by atoms with Crippen LogP contribution >= 0.6 is 11.3 Å². The van der Waals surface area contributed by atoms with Crippen LogP contribution in [-0.2, 0) is 16.0 Å². The molecule has 0 N–H and O–H groups in total. The van der Waals surface area contributed by atoms with Crippen LogP contribution in [0, 0.1) is 11.3 Å². The molecular formula is C20H28N2O2S. The molecule has 0 radical (unpaired) electrons. The zero-order valence-corrected chi connectivity index (χ0v) is 15.7. The van der Waals surface area contributed by atoms with Crippen LogP contribution in [0.25, 0.3) is 0 Å². The molecule has 2 amide bonds. The average molecular weight is 361 g/mol. The molecule has 1 aliphatic heterocycles. The number of hydrogen-bond acceptors (Lipinski definition) is 3. The highest BCUT2D eigenvalue weighted by molar-refractivity contribution is 7.09. The van der Waals surface area contributed by atoms with Crippen molar-refractivity contribution in [2.24, 2.45) is 11.3 Å². The first-order valence-corrected chi connectivity index (χ1v) is 10.6. The van der Waals surface area contributed by atoms with Crippen molar-refractivity contribution in [1.82, 2.24) is 9.80 Å². The highest BCUT2D eigenvalue weighted by atomic mass is 32.1. The van der Waals surface area contributed by atoms with Crippen LogP contribution in [0.5, 0.6) is 0 Å². The molecule has 1 aromatic rings. The Morgan fingerprint density at radius 1 is 1.12 bits per heavy atom. The summed E-state index contributed by atoms with van der Waals surface area (Å²) < 4.78 is 0. The van der Waals surface area contributed by atoms with Crippen molar-refractivity contribution in [3.05, 3.63) is 22.4 Å². The van der Waals surface area contributed by atoms with E-state index in [9.17, 15) is 9.59 Å². The van der Waals surface area contributed by atoms with Crippen LogP contribution in [0.2, 0.25) is 0 Å². The van der Waals surface area contributed by atoms with Crippen LogP contribution < -0.4 is 0 Å². The van der Waals surface area contributed by atoms with E-state index in [-0.39, 0.29) is 5.91 Å². The van der Waals surface area contributed by atoms with Gasteiger partial charge in [-0.05, 0) is 55.4 Å². The summed E-state index contributed by atoms with van der Waals surface area (Å²) >= 11 is 1.76. The Labute approximate surface area is 154 Å². The predicted molar refractivity (Wildman–Crippen MR) is 99.4 cm³/mol. The molecule has 0 aromatic carbocycles. The smallest absolute Gasteiger partial charge is 0.226 e. The van der Waals surface area contributed by atoms with Gasteiger partial charge >= 0.3 is 0 Å². The van der Waals surface area contributed by atoms with E-state index in [1.165, 1.54) is 24.1 Å². The third kappa shape index (κ3) is 3.62. The maximum absolute atomic E-state index is 12.7. The first kappa shape index (κ1) is 17.1. The zero-order valence-electron chi connectivity index (χ0n) is 14.9. The van der Waals surface area contributed by atoms with Crippen molar-refractivity contribution in [3.63, 3.8) is 0 Å². The molecule has 3 aliphatic rings. The second-order valence-electron chi connectivity index (χ2n) is 7.97. The molecule has 1 aromatic heterocycles. The number of carbonyl (C=O) groups is 2. The van der Waals surface area contributed by atoms with E-state index in [2.05, 4.69) is 17.5 Å². The second kappa shape index (κ2) is 7.10. The molecule has 5 heteroatoms. The van der Waals surface area contributed by atoms with E-state index in [1.807, 2.05) is 9.80 Å². The molecule has 2 saturated carbocycles. The predicted octanol–water partition coefficient (Wildman–Crippen LogP) is 3.32.